The van der Waals surface area contributed by atoms with Crippen molar-refractivity contribution < 1.29 is 24.0 Å². The van der Waals surface area contributed by atoms with Crippen LogP contribution in [0.4, 0.5) is 5.69 Å². The molecule has 0 saturated carbocycles. The molecule has 36 heavy (non-hydrogen) atoms. The monoisotopic (exact) mass is 513 g/mol. The lowest BCUT2D eigenvalue weighted by Crippen LogP contribution is -2.37. The van der Waals surface area contributed by atoms with E-state index in [-0.39, 0.29) is 11.3 Å². The zero-order chi connectivity index (χ0) is 26.4. The van der Waals surface area contributed by atoms with Crippen molar-refractivity contribution in [2.45, 2.75) is 39.7 Å². The van der Waals surface area contributed by atoms with Crippen LogP contribution in [-0.2, 0) is 19.1 Å². The molecule has 0 radical (unpaired) electrons. The second kappa shape index (κ2) is 12.0. The molecule has 1 aromatic heterocycles. The van der Waals surface area contributed by atoms with E-state index in [0.717, 1.165) is 18.0 Å². The quantitative estimate of drug-likeness (QED) is 0.252. The van der Waals surface area contributed by atoms with Crippen LogP contribution in [-0.4, -0.2) is 54.2 Å². The van der Waals surface area contributed by atoms with Gasteiger partial charge in [-0.05, 0) is 43.9 Å². The van der Waals surface area contributed by atoms with Crippen LogP contribution < -0.4 is 0 Å². The van der Waals surface area contributed by atoms with Gasteiger partial charge in [-0.1, -0.05) is 32.0 Å². The number of esters is 2. The fourth-order valence-corrected chi connectivity index (χ4v) is 5.24. The molecule has 0 aliphatic carbocycles. The van der Waals surface area contributed by atoms with E-state index in [0.29, 0.717) is 23.5 Å². The summed E-state index contributed by atoms with van der Waals surface area (Å²) in [6, 6.07) is 9.78. The molecule has 1 aliphatic heterocycles. The van der Waals surface area contributed by atoms with Gasteiger partial charge in [-0.25, -0.2) is 4.79 Å². The number of aliphatic imine (C=N–C) groups is 1. The molecule has 3 rings (SSSR count). The number of carbonyl (C=O) groups is 2. The largest absolute Gasteiger partial charge is 0.468 e. The van der Waals surface area contributed by atoms with Gasteiger partial charge in [-0.2, -0.15) is 0 Å². The second-order valence-corrected chi connectivity index (χ2v) is 9.46. The van der Waals surface area contributed by atoms with E-state index in [9.17, 15) is 19.7 Å². The van der Waals surface area contributed by atoms with Gasteiger partial charge >= 0.3 is 11.9 Å². The molecule has 3 unspecified atom stereocenters. The van der Waals surface area contributed by atoms with Crippen molar-refractivity contribution in [1.82, 2.24) is 4.90 Å². The fraction of sp³-hybridized carbons (Fsp3) is 0.423. The third-order valence-corrected chi connectivity index (χ3v) is 7.34. The van der Waals surface area contributed by atoms with Crippen LogP contribution in [0.1, 0.15) is 50.2 Å². The Morgan fingerprint density at radius 1 is 1.19 bits per heavy atom. The molecule has 1 aliphatic rings. The number of likely N-dealkylation sites (N-methyl/N-ethyl adjacent to an activating group) is 1. The molecule has 9 nitrogen and oxygen atoms in total. The fourth-order valence-electron chi connectivity index (χ4n) is 4.50. The van der Waals surface area contributed by atoms with Gasteiger partial charge in [0.2, 0.25) is 0 Å². The summed E-state index contributed by atoms with van der Waals surface area (Å²) in [5.41, 5.74) is 1.36. The van der Waals surface area contributed by atoms with Crippen LogP contribution >= 0.6 is 11.3 Å². The molecule has 0 N–H and O–H groups in total. The summed E-state index contributed by atoms with van der Waals surface area (Å²) in [6.07, 6.45) is -0.521. The van der Waals surface area contributed by atoms with Gasteiger partial charge in [0.1, 0.15) is 12.0 Å². The third-order valence-electron chi connectivity index (χ3n) is 6.37. The van der Waals surface area contributed by atoms with Crippen LogP contribution in [0.15, 0.2) is 58.0 Å². The Morgan fingerprint density at radius 2 is 1.92 bits per heavy atom. The summed E-state index contributed by atoms with van der Waals surface area (Å²) in [6.45, 7) is 9.55. The highest BCUT2D eigenvalue weighted by Gasteiger charge is 2.43. The molecule has 0 amide bonds. The van der Waals surface area contributed by atoms with Gasteiger partial charge in [0.05, 0.1) is 17.6 Å². The molecule has 3 atom stereocenters. The predicted octanol–water partition coefficient (Wildman–Crippen LogP) is 4.90. The number of methoxy groups -OCH3 is 1. The summed E-state index contributed by atoms with van der Waals surface area (Å²) in [7, 11) is 1.26. The smallest absolute Gasteiger partial charge is 0.337 e. The maximum atomic E-state index is 13.8. The first-order chi connectivity index (χ1) is 17.2. The highest BCUT2D eigenvalue weighted by atomic mass is 32.1. The number of benzene rings is 1. The molecule has 1 aromatic carbocycles. The maximum absolute atomic E-state index is 13.8. The Labute approximate surface area is 214 Å². The minimum Gasteiger partial charge on any atom is -0.468 e. The molecule has 192 valence electrons. The standard InChI is InChI=1S/C26H31N3O6S/c1-6-28(7-2)15-20(21-12-9-13-36-21)35-26(31)23-17(4)27-16(3)22(25(30)34-5)24(23)18-10-8-11-19(14-18)29(32)33/h8-14,20,22,24H,6-7,15H2,1-5H3. The van der Waals surface area contributed by atoms with Crippen LogP contribution in [0.25, 0.3) is 0 Å². The van der Waals surface area contributed by atoms with Crippen molar-refractivity contribution in [1.29, 1.82) is 0 Å². The topological polar surface area (TPSA) is 111 Å². The average Bonchev–Trinajstić information content (AvgIpc) is 3.40. The van der Waals surface area contributed by atoms with Crippen molar-refractivity contribution in [3.8, 4) is 0 Å². The molecule has 0 spiro atoms. The van der Waals surface area contributed by atoms with E-state index >= 15 is 0 Å². The second-order valence-electron chi connectivity index (χ2n) is 8.48. The minimum atomic E-state index is -0.925. The number of rotatable bonds is 10. The number of hydrogen-bond acceptors (Lipinski definition) is 9. The molecule has 2 aromatic rings. The first-order valence-corrected chi connectivity index (χ1v) is 12.6. The van der Waals surface area contributed by atoms with Gasteiger partial charge in [-0.3, -0.25) is 24.8 Å². The minimum absolute atomic E-state index is 0.139. The Morgan fingerprint density at radius 3 is 2.50 bits per heavy atom. The lowest BCUT2D eigenvalue weighted by molar-refractivity contribution is -0.384. The van der Waals surface area contributed by atoms with Crippen LogP contribution in [0.2, 0.25) is 0 Å². The maximum Gasteiger partial charge on any atom is 0.337 e. The average molecular weight is 514 g/mol. The van der Waals surface area contributed by atoms with E-state index in [1.54, 1.807) is 19.9 Å². The summed E-state index contributed by atoms with van der Waals surface area (Å²) in [4.78, 5) is 45.2. The predicted molar refractivity (Wildman–Crippen MR) is 138 cm³/mol. The summed E-state index contributed by atoms with van der Waals surface area (Å²) < 4.78 is 11.1. The lowest BCUT2D eigenvalue weighted by atomic mass is 9.75. The van der Waals surface area contributed by atoms with Crippen molar-refractivity contribution in [2.24, 2.45) is 10.9 Å². The van der Waals surface area contributed by atoms with Gasteiger partial charge in [0, 0.05) is 40.9 Å². The van der Waals surface area contributed by atoms with Crippen LogP contribution in [0, 0.1) is 16.0 Å². The first-order valence-electron chi connectivity index (χ1n) is 11.8. The molecule has 0 bridgehead atoms. The molecular formula is C26H31N3O6S. The normalized spacial score (nSPS) is 18.6. The zero-order valence-electron chi connectivity index (χ0n) is 21.1. The number of ether oxygens (including phenoxy) is 2. The number of thiophene rings is 1. The van der Waals surface area contributed by atoms with Crippen LogP contribution in [0.5, 0.6) is 0 Å². The highest BCUT2D eigenvalue weighted by Crippen LogP contribution is 2.41. The van der Waals surface area contributed by atoms with Gasteiger partial charge in [0.15, 0.2) is 0 Å². The van der Waals surface area contributed by atoms with E-state index in [1.165, 1.54) is 36.6 Å². The Hall–Kier alpha value is -3.37. The molecule has 10 heteroatoms. The first kappa shape index (κ1) is 27.2. The number of non-ortho nitro benzene ring substituents is 1. The Balaban J connectivity index is 2.08. The van der Waals surface area contributed by atoms with Gasteiger partial charge in [0.25, 0.3) is 5.69 Å². The molecule has 0 saturated heterocycles. The number of allylic oxidation sites excluding steroid dienone is 1. The van der Waals surface area contributed by atoms with Crippen molar-refractivity contribution in [3.05, 3.63) is 73.6 Å². The number of nitro groups is 1. The van der Waals surface area contributed by atoms with Crippen molar-refractivity contribution >= 4 is 34.7 Å². The lowest BCUT2D eigenvalue weighted by Gasteiger charge is -2.32. The number of nitrogens with zero attached hydrogens (tertiary/aromatic N) is 3. The highest BCUT2D eigenvalue weighted by molar-refractivity contribution is 7.10. The summed E-state index contributed by atoms with van der Waals surface area (Å²) >= 11 is 1.50. The van der Waals surface area contributed by atoms with E-state index in [4.69, 9.17) is 9.47 Å². The number of nitro benzene ring substituents is 1. The van der Waals surface area contributed by atoms with E-state index in [2.05, 4.69) is 9.89 Å². The number of hydrogen-bond donors (Lipinski definition) is 0. The van der Waals surface area contributed by atoms with E-state index in [1.807, 2.05) is 31.4 Å². The molecule has 0 fully saturated rings. The van der Waals surface area contributed by atoms with Crippen molar-refractivity contribution in [2.75, 3.05) is 26.7 Å². The zero-order valence-corrected chi connectivity index (χ0v) is 21.9. The Bertz CT molecular complexity index is 1170. The van der Waals surface area contributed by atoms with E-state index < -0.39 is 34.8 Å². The van der Waals surface area contributed by atoms with Crippen LogP contribution in [0.3, 0.4) is 0 Å². The third kappa shape index (κ3) is 5.88. The van der Waals surface area contributed by atoms with Crippen molar-refractivity contribution in [3.63, 3.8) is 0 Å². The Kier molecular flexibility index (Phi) is 9.11. The van der Waals surface area contributed by atoms with Gasteiger partial charge < -0.3 is 9.47 Å². The SMILES string of the molecule is CCN(CC)CC(OC(=O)C1=C(C)N=C(C)C(C(=O)OC)C1c1cccc([N+](=O)[O-])c1)c1cccs1. The van der Waals surface area contributed by atoms with Gasteiger partial charge in [-0.15, -0.1) is 11.3 Å². The molecular weight excluding hydrogens is 482 g/mol. The summed E-state index contributed by atoms with van der Waals surface area (Å²) in [5.74, 6) is -2.96. The molecule has 2 heterocycles. The number of carbonyl (C=O) groups excluding carboxylic acids is 2. The summed E-state index contributed by atoms with van der Waals surface area (Å²) in [5, 5.41) is 13.4.